The van der Waals surface area contributed by atoms with Gasteiger partial charge in [0.15, 0.2) is 17.2 Å². The first kappa shape index (κ1) is 30.5. The molecule has 5 rings (SSSR count). The van der Waals surface area contributed by atoms with Crippen molar-refractivity contribution >= 4 is 22.8 Å². The van der Waals surface area contributed by atoms with Crippen LogP contribution in [0.4, 0.5) is 19.0 Å². The summed E-state index contributed by atoms with van der Waals surface area (Å²) >= 11 is 0. The van der Waals surface area contributed by atoms with Gasteiger partial charge in [0.05, 0.1) is 11.4 Å². The number of rotatable bonds is 7. The largest absolute Gasteiger partial charge is 0.454 e. The molecule has 0 saturated carbocycles. The van der Waals surface area contributed by atoms with Crippen molar-refractivity contribution in [2.45, 2.75) is 38.3 Å². The number of nitrogens with zero attached hydrogens (tertiary/aromatic N) is 7. The minimum Gasteiger partial charge on any atom is -0.454 e. The number of piperidine rings is 1. The van der Waals surface area contributed by atoms with Crippen molar-refractivity contribution in [3.8, 4) is 28.8 Å². The fourth-order valence-electron chi connectivity index (χ4n) is 5.01. The van der Waals surface area contributed by atoms with E-state index in [1.54, 1.807) is 15.7 Å². The van der Waals surface area contributed by atoms with Gasteiger partial charge in [0.25, 0.3) is 5.91 Å². The number of hydrogen-bond acceptors (Lipinski definition) is 8. The first-order valence-corrected chi connectivity index (χ1v) is 13.9. The molecule has 13 heteroatoms. The predicted molar refractivity (Wildman–Crippen MR) is 158 cm³/mol. The molecule has 1 saturated heterocycles. The molecule has 0 unspecified atom stereocenters. The Bertz CT molecular complexity index is 1810. The van der Waals surface area contributed by atoms with Crippen LogP contribution in [0.2, 0.25) is 0 Å². The van der Waals surface area contributed by atoms with Gasteiger partial charge in [-0.15, -0.1) is 0 Å². The molecule has 2 aromatic heterocycles. The molecule has 4 aromatic rings. The Morgan fingerprint density at radius 2 is 1.95 bits per heavy atom. The maximum atomic E-state index is 15.5. The average molecular weight is 605 g/mol. The van der Waals surface area contributed by atoms with E-state index >= 15 is 4.39 Å². The standard InChI is InChI=1S/C31H31F3N8O2/c1-31(2,40(3)4)14-18(15-35)30(43)41-12-6-7-19(16-41)42-29-25(28(36)37-17-38-29)27(39-42)21-11-10-20(13-23(21)33)44-24-9-5-8-22(32)26(24)34/h5,8-11,13-14,17,19H,6-7,12,16H2,1-4H3,(H2,36,37,38)/b18-14-/t19-/m1/s1. The van der Waals surface area contributed by atoms with Gasteiger partial charge in [0, 0.05) is 30.3 Å². The lowest BCUT2D eigenvalue weighted by Gasteiger charge is -2.34. The van der Waals surface area contributed by atoms with Crippen LogP contribution >= 0.6 is 0 Å². The number of carbonyl (C=O) groups excluding carboxylic acids is 1. The number of aromatic nitrogens is 4. The number of carbonyl (C=O) groups is 1. The summed E-state index contributed by atoms with van der Waals surface area (Å²) < 4.78 is 50.2. The SMILES string of the molecule is CN(C)C(C)(C)/C=C(/C#N)C(=O)N1CCC[C@@H](n2nc(-c3ccc(Oc4cccc(F)c4F)cc3F)c3c(N)ncnc32)C1. The first-order valence-electron chi connectivity index (χ1n) is 13.9. The zero-order chi connectivity index (χ0) is 31.8. The number of benzene rings is 2. The highest BCUT2D eigenvalue weighted by molar-refractivity contribution is 5.99. The highest BCUT2D eigenvalue weighted by atomic mass is 19.2. The molecule has 3 heterocycles. The lowest BCUT2D eigenvalue weighted by atomic mass is 9.98. The zero-order valence-electron chi connectivity index (χ0n) is 24.7. The normalized spacial score (nSPS) is 15.9. The van der Waals surface area contributed by atoms with Gasteiger partial charge in [0.1, 0.15) is 41.0 Å². The molecule has 2 aromatic carbocycles. The molecule has 10 nitrogen and oxygen atoms in total. The van der Waals surface area contributed by atoms with Crippen molar-refractivity contribution in [2.75, 3.05) is 32.9 Å². The van der Waals surface area contributed by atoms with Gasteiger partial charge in [-0.2, -0.15) is 14.8 Å². The van der Waals surface area contributed by atoms with Crippen LogP contribution in [-0.4, -0.2) is 68.2 Å². The van der Waals surface area contributed by atoms with E-state index in [1.807, 2.05) is 32.8 Å². The van der Waals surface area contributed by atoms with E-state index < -0.39 is 23.0 Å². The number of nitrogen functional groups attached to an aromatic ring is 1. The predicted octanol–water partition coefficient (Wildman–Crippen LogP) is 5.24. The summed E-state index contributed by atoms with van der Waals surface area (Å²) in [7, 11) is 3.74. The first-order chi connectivity index (χ1) is 20.9. The molecule has 1 amide bonds. The Morgan fingerprint density at radius 1 is 1.18 bits per heavy atom. The lowest BCUT2D eigenvalue weighted by molar-refractivity contribution is -0.128. The molecule has 228 valence electrons. The molecule has 1 atom stereocenters. The third-order valence-electron chi connectivity index (χ3n) is 7.89. The van der Waals surface area contributed by atoms with Crippen LogP contribution in [0.3, 0.4) is 0 Å². The highest BCUT2D eigenvalue weighted by Crippen LogP contribution is 2.37. The molecular formula is C31H31F3N8O2. The summed E-state index contributed by atoms with van der Waals surface area (Å²) in [4.78, 5) is 25.4. The number of likely N-dealkylation sites (N-methyl/N-ethyl adjacent to an activating group) is 1. The van der Waals surface area contributed by atoms with Crippen LogP contribution in [0.15, 0.2) is 54.4 Å². The van der Waals surface area contributed by atoms with Crippen LogP contribution < -0.4 is 10.5 Å². The Hall–Kier alpha value is -4.96. The number of anilines is 1. The molecule has 1 fully saturated rings. The number of likely N-dealkylation sites (tertiary alicyclic amines) is 1. The molecule has 2 N–H and O–H groups in total. The molecule has 0 spiro atoms. The molecule has 1 aliphatic heterocycles. The van der Waals surface area contributed by atoms with E-state index in [-0.39, 0.29) is 52.6 Å². The van der Waals surface area contributed by atoms with E-state index in [0.29, 0.717) is 30.4 Å². The Kier molecular flexibility index (Phi) is 8.29. The molecule has 0 aliphatic carbocycles. The van der Waals surface area contributed by atoms with E-state index in [1.165, 1.54) is 30.6 Å². The second-order valence-corrected chi connectivity index (χ2v) is 11.3. The van der Waals surface area contributed by atoms with Gasteiger partial charge < -0.3 is 20.3 Å². The topological polar surface area (TPSA) is 126 Å². The second kappa shape index (κ2) is 12.0. The van der Waals surface area contributed by atoms with Crippen molar-refractivity contribution in [1.82, 2.24) is 29.5 Å². The third-order valence-corrected chi connectivity index (χ3v) is 7.89. The summed E-state index contributed by atoms with van der Waals surface area (Å²) in [6, 6.07) is 9.00. The van der Waals surface area contributed by atoms with Crippen molar-refractivity contribution in [3.63, 3.8) is 0 Å². The van der Waals surface area contributed by atoms with Gasteiger partial charge in [-0.05, 0) is 71.1 Å². The van der Waals surface area contributed by atoms with Crippen LogP contribution in [0.1, 0.15) is 32.7 Å². The molecule has 1 aliphatic rings. The Labute approximate surface area is 252 Å². The summed E-state index contributed by atoms with van der Waals surface area (Å²) in [5.41, 5.74) is 6.35. The third kappa shape index (κ3) is 5.80. The number of hydrogen-bond donors (Lipinski definition) is 1. The van der Waals surface area contributed by atoms with Crippen molar-refractivity contribution < 1.29 is 22.7 Å². The number of fused-ring (bicyclic) bond motifs is 1. The maximum Gasteiger partial charge on any atom is 0.264 e. The maximum absolute atomic E-state index is 15.5. The minimum atomic E-state index is -1.19. The van der Waals surface area contributed by atoms with Crippen LogP contribution in [0.25, 0.3) is 22.3 Å². The number of halogens is 3. The van der Waals surface area contributed by atoms with Crippen molar-refractivity contribution in [3.05, 3.63) is 71.8 Å². The van der Waals surface area contributed by atoms with E-state index in [0.717, 1.165) is 12.1 Å². The summed E-state index contributed by atoms with van der Waals surface area (Å²) in [6.07, 6.45) is 4.23. The molecular weight excluding hydrogens is 573 g/mol. The van der Waals surface area contributed by atoms with Crippen LogP contribution in [0, 0.1) is 28.8 Å². The molecule has 0 radical (unpaired) electrons. The highest BCUT2D eigenvalue weighted by Gasteiger charge is 2.31. The fraction of sp³-hybridized carbons (Fsp3) is 0.323. The van der Waals surface area contributed by atoms with E-state index in [4.69, 9.17) is 15.6 Å². The van der Waals surface area contributed by atoms with Crippen LogP contribution in [-0.2, 0) is 4.79 Å². The Morgan fingerprint density at radius 3 is 2.66 bits per heavy atom. The second-order valence-electron chi connectivity index (χ2n) is 11.3. The minimum absolute atomic E-state index is 0.0458. The number of amides is 1. The number of ether oxygens (including phenoxy) is 1. The number of nitrogens with two attached hydrogens (primary N) is 1. The zero-order valence-corrected chi connectivity index (χ0v) is 24.7. The average Bonchev–Trinajstić information content (AvgIpc) is 3.39. The van der Waals surface area contributed by atoms with E-state index in [2.05, 4.69) is 16.0 Å². The fourth-order valence-corrected chi connectivity index (χ4v) is 5.01. The van der Waals surface area contributed by atoms with Crippen molar-refractivity contribution in [1.29, 1.82) is 5.26 Å². The van der Waals surface area contributed by atoms with Gasteiger partial charge in [-0.1, -0.05) is 6.07 Å². The lowest BCUT2D eigenvalue weighted by Crippen LogP contribution is -2.43. The number of nitriles is 1. The van der Waals surface area contributed by atoms with Crippen molar-refractivity contribution in [2.24, 2.45) is 0 Å². The van der Waals surface area contributed by atoms with Gasteiger partial charge in [0.2, 0.25) is 5.82 Å². The summed E-state index contributed by atoms with van der Waals surface area (Å²) in [6.45, 7) is 4.53. The summed E-state index contributed by atoms with van der Waals surface area (Å²) in [5.74, 6) is -3.76. The molecule has 0 bridgehead atoms. The summed E-state index contributed by atoms with van der Waals surface area (Å²) in [5, 5.41) is 14.8. The van der Waals surface area contributed by atoms with E-state index in [9.17, 15) is 18.8 Å². The van der Waals surface area contributed by atoms with Crippen LogP contribution in [0.5, 0.6) is 11.5 Å². The Balaban J connectivity index is 1.48. The molecule has 44 heavy (non-hydrogen) atoms. The smallest absolute Gasteiger partial charge is 0.264 e. The van der Waals surface area contributed by atoms with Gasteiger partial charge in [-0.25, -0.2) is 23.4 Å². The monoisotopic (exact) mass is 604 g/mol. The quantitative estimate of drug-likeness (QED) is 0.224. The van der Waals surface area contributed by atoms with Gasteiger partial charge >= 0.3 is 0 Å². The van der Waals surface area contributed by atoms with Gasteiger partial charge in [-0.3, -0.25) is 4.79 Å².